The van der Waals surface area contributed by atoms with E-state index in [1.165, 1.54) is 6.20 Å². The smallest absolute Gasteiger partial charge is 0.260 e. The highest BCUT2D eigenvalue weighted by atomic mass is 32.2. The molecule has 7 heteroatoms. The number of rotatable bonds is 8. The predicted octanol–water partition coefficient (Wildman–Crippen LogP) is 1.46. The Morgan fingerprint density at radius 2 is 2.16 bits per heavy atom. The molecule has 0 amide bonds. The lowest BCUT2D eigenvalue weighted by molar-refractivity contribution is 0.323. The van der Waals surface area contributed by atoms with Crippen LogP contribution in [0.15, 0.2) is 11.2 Å². The molecule has 1 aromatic rings. The Kier molecular flexibility index (Phi) is 5.96. The van der Waals surface area contributed by atoms with Gasteiger partial charge in [0.1, 0.15) is 0 Å². The lowest BCUT2D eigenvalue weighted by Gasteiger charge is -2.27. The van der Waals surface area contributed by atoms with Crippen molar-refractivity contribution in [2.45, 2.75) is 57.6 Å². The van der Waals surface area contributed by atoms with Crippen LogP contribution >= 0.6 is 0 Å². The number of hydrogen-bond donors (Lipinski definition) is 2. The van der Waals surface area contributed by atoms with Crippen molar-refractivity contribution in [3.63, 3.8) is 0 Å². The van der Waals surface area contributed by atoms with Gasteiger partial charge >= 0.3 is 0 Å². The maximum Gasteiger partial charge on any atom is 0.260 e. The Labute approximate surface area is 115 Å². The van der Waals surface area contributed by atoms with E-state index in [2.05, 4.69) is 10.2 Å². The van der Waals surface area contributed by atoms with Crippen molar-refractivity contribution in [2.75, 3.05) is 6.54 Å². The second-order valence-electron chi connectivity index (χ2n) is 4.66. The van der Waals surface area contributed by atoms with E-state index in [9.17, 15) is 8.42 Å². The van der Waals surface area contributed by atoms with Crippen LogP contribution in [-0.2, 0) is 16.6 Å². The normalized spacial score (nSPS) is 13.9. The van der Waals surface area contributed by atoms with Gasteiger partial charge in [-0.1, -0.05) is 20.3 Å². The Balaban J connectivity index is 3.12. The van der Waals surface area contributed by atoms with Gasteiger partial charge in [0.25, 0.3) is 10.0 Å². The zero-order valence-corrected chi connectivity index (χ0v) is 12.7. The van der Waals surface area contributed by atoms with Crippen molar-refractivity contribution >= 4 is 10.0 Å². The number of aromatic amines is 1. The summed E-state index contributed by atoms with van der Waals surface area (Å²) in [4.78, 5) is 0. The molecule has 19 heavy (non-hydrogen) atoms. The number of nitrogens with two attached hydrogens (primary N) is 1. The molecule has 1 heterocycles. The summed E-state index contributed by atoms with van der Waals surface area (Å²) in [6, 6.07) is -0.0366. The molecule has 0 aliphatic carbocycles. The highest BCUT2D eigenvalue weighted by Crippen LogP contribution is 2.21. The van der Waals surface area contributed by atoms with Gasteiger partial charge in [-0.15, -0.1) is 0 Å². The Bertz CT molecular complexity index is 484. The van der Waals surface area contributed by atoms with Gasteiger partial charge in [0.15, 0.2) is 5.03 Å². The lowest BCUT2D eigenvalue weighted by atomic mass is 10.2. The van der Waals surface area contributed by atoms with Crippen molar-refractivity contribution in [3.05, 3.63) is 11.8 Å². The molecule has 1 aromatic heterocycles. The van der Waals surface area contributed by atoms with Crippen LogP contribution in [0.25, 0.3) is 0 Å². The van der Waals surface area contributed by atoms with Crippen LogP contribution in [0.3, 0.4) is 0 Å². The first kappa shape index (κ1) is 16.1. The van der Waals surface area contributed by atoms with Crippen LogP contribution in [0.4, 0.5) is 0 Å². The summed E-state index contributed by atoms with van der Waals surface area (Å²) in [5.41, 5.74) is 6.09. The average Bonchev–Trinajstić information content (AvgIpc) is 2.87. The van der Waals surface area contributed by atoms with Crippen molar-refractivity contribution in [3.8, 4) is 0 Å². The number of aromatic nitrogens is 2. The topological polar surface area (TPSA) is 92.1 Å². The third-order valence-corrected chi connectivity index (χ3v) is 5.31. The highest BCUT2D eigenvalue weighted by Gasteiger charge is 2.30. The summed E-state index contributed by atoms with van der Waals surface area (Å²) in [6.45, 7) is 6.63. The largest absolute Gasteiger partial charge is 0.326 e. The molecule has 1 atom stereocenters. The molecule has 6 nitrogen and oxygen atoms in total. The van der Waals surface area contributed by atoms with Crippen LogP contribution in [0, 0.1) is 0 Å². The number of nitrogens with one attached hydrogen (secondary N) is 1. The molecule has 0 aliphatic rings. The average molecular weight is 288 g/mol. The van der Waals surface area contributed by atoms with E-state index in [4.69, 9.17) is 5.73 Å². The van der Waals surface area contributed by atoms with Crippen LogP contribution in [0.5, 0.6) is 0 Å². The van der Waals surface area contributed by atoms with Gasteiger partial charge in [0.05, 0.1) is 6.20 Å². The first-order chi connectivity index (χ1) is 8.98. The highest BCUT2D eigenvalue weighted by molar-refractivity contribution is 7.89. The summed E-state index contributed by atoms with van der Waals surface area (Å²) in [7, 11) is -3.55. The molecule has 1 rings (SSSR count). The molecule has 0 bridgehead atoms. The second-order valence-corrected chi connectivity index (χ2v) is 6.48. The molecular weight excluding hydrogens is 264 g/mol. The molecule has 3 N–H and O–H groups in total. The second kappa shape index (κ2) is 7.02. The molecule has 0 aromatic carbocycles. The predicted molar refractivity (Wildman–Crippen MR) is 75.0 cm³/mol. The summed E-state index contributed by atoms with van der Waals surface area (Å²) in [5, 5.41) is 6.50. The fraction of sp³-hybridized carbons (Fsp3) is 0.750. The number of unbranched alkanes of at least 4 members (excludes halogenated alkanes) is 1. The molecular formula is C12H24N4O2S. The van der Waals surface area contributed by atoms with Crippen LogP contribution in [0.2, 0.25) is 0 Å². The van der Waals surface area contributed by atoms with Crippen LogP contribution in [-0.4, -0.2) is 35.5 Å². The van der Waals surface area contributed by atoms with Gasteiger partial charge in [-0.25, -0.2) is 8.42 Å². The molecule has 0 saturated heterocycles. The minimum atomic E-state index is -3.55. The third kappa shape index (κ3) is 3.55. The first-order valence-corrected chi connectivity index (χ1v) is 8.17. The molecule has 0 spiro atoms. The number of nitrogens with zero attached hydrogens (tertiary/aromatic N) is 2. The van der Waals surface area contributed by atoms with E-state index in [1.807, 2.05) is 20.8 Å². The minimum absolute atomic E-state index is 0.0366. The fourth-order valence-electron chi connectivity index (χ4n) is 1.88. The monoisotopic (exact) mass is 288 g/mol. The number of hydrogen-bond acceptors (Lipinski definition) is 4. The summed E-state index contributed by atoms with van der Waals surface area (Å²) in [6.07, 6.45) is 4.04. The van der Waals surface area contributed by atoms with Crippen molar-refractivity contribution in [1.82, 2.24) is 14.5 Å². The van der Waals surface area contributed by atoms with E-state index < -0.39 is 10.0 Å². The molecule has 0 radical (unpaired) electrons. The standard InChI is InChI=1S/C12H24N4O2S/c1-4-6-7-16(10(3)5-2)19(17,18)12-11(8-13)9-14-15-12/h9-10H,4-8,13H2,1-3H3,(H,14,15). The zero-order chi connectivity index (χ0) is 14.5. The van der Waals surface area contributed by atoms with E-state index in [0.29, 0.717) is 12.1 Å². The number of sulfonamides is 1. The summed E-state index contributed by atoms with van der Waals surface area (Å²) in [5.74, 6) is 0. The first-order valence-electron chi connectivity index (χ1n) is 6.73. The molecule has 1 unspecified atom stereocenters. The van der Waals surface area contributed by atoms with Gasteiger partial charge in [0.2, 0.25) is 0 Å². The van der Waals surface area contributed by atoms with Gasteiger partial charge in [0, 0.05) is 24.7 Å². The Morgan fingerprint density at radius 1 is 1.47 bits per heavy atom. The van der Waals surface area contributed by atoms with Crippen molar-refractivity contribution in [1.29, 1.82) is 0 Å². The minimum Gasteiger partial charge on any atom is -0.326 e. The van der Waals surface area contributed by atoms with Crippen LogP contribution in [0.1, 0.15) is 45.6 Å². The molecule has 0 fully saturated rings. The SMILES string of the molecule is CCCCN(C(C)CC)S(=O)(=O)c1[nH]ncc1CN. The van der Waals surface area contributed by atoms with E-state index in [1.54, 1.807) is 4.31 Å². The summed E-state index contributed by atoms with van der Waals surface area (Å²) < 4.78 is 26.9. The molecule has 110 valence electrons. The molecule has 0 aliphatic heterocycles. The Morgan fingerprint density at radius 3 is 2.68 bits per heavy atom. The van der Waals surface area contributed by atoms with E-state index in [0.717, 1.165) is 19.3 Å². The Hall–Kier alpha value is -0.920. The summed E-state index contributed by atoms with van der Waals surface area (Å²) >= 11 is 0. The van der Waals surface area contributed by atoms with Gasteiger partial charge in [-0.05, 0) is 19.8 Å². The van der Waals surface area contributed by atoms with Crippen molar-refractivity contribution < 1.29 is 8.42 Å². The lowest BCUT2D eigenvalue weighted by Crippen LogP contribution is -2.39. The zero-order valence-electron chi connectivity index (χ0n) is 11.9. The fourth-order valence-corrected chi connectivity index (χ4v) is 3.74. The maximum absolute atomic E-state index is 12.7. The van der Waals surface area contributed by atoms with E-state index >= 15 is 0 Å². The molecule has 0 saturated carbocycles. The van der Waals surface area contributed by atoms with Gasteiger partial charge in [-0.3, -0.25) is 5.10 Å². The van der Waals surface area contributed by atoms with Crippen LogP contribution < -0.4 is 5.73 Å². The third-order valence-electron chi connectivity index (χ3n) is 3.28. The quantitative estimate of drug-likeness (QED) is 0.757. The van der Waals surface area contributed by atoms with E-state index in [-0.39, 0.29) is 17.6 Å². The number of H-pyrrole nitrogens is 1. The van der Waals surface area contributed by atoms with Gasteiger partial charge < -0.3 is 5.73 Å². The van der Waals surface area contributed by atoms with Gasteiger partial charge in [-0.2, -0.15) is 9.40 Å². The maximum atomic E-state index is 12.7. The van der Waals surface area contributed by atoms with Crippen molar-refractivity contribution in [2.24, 2.45) is 5.73 Å².